The molecule has 0 amide bonds. The Balaban J connectivity index is 2.75. The van der Waals surface area contributed by atoms with Crippen LogP contribution in [0, 0.1) is 5.92 Å². The van der Waals surface area contributed by atoms with Crippen molar-refractivity contribution in [3.8, 4) is 0 Å². The summed E-state index contributed by atoms with van der Waals surface area (Å²) < 4.78 is 1.13. The monoisotopic (exact) mass is 241 g/mol. The van der Waals surface area contributed by atoms with Gasteiger partial charge in [0.15, 0.2) is 0 Å². The molecule has 0 saturated carbocycles. The fraction of sp³-hybridized carbons (Fsp3) is 0.455. The Morgan fingerprint density at radius 1 is 1.38 bits per heavy atom. The summed E-state index contributed by atoms with van der Waals surface area (Å²) in [6.45, 7) is 4.46. The van der Waals surface area contributed by atoms with Gasteiger partial charge in [-0.1, -0.05) is 35.8 Å². The van der Waals surface area contributed by atoms with Gasteiger partial charge in [-0.05, 0) is 36.5 Å². The van der Waals surface area contributed by atoms with Crippen LogP contribution < -0.4 is 5.73 Å². The SMILES string of the molecule is CC(C)CCc1c(N)cccc1Br. The summed E-state index contributed by atoms with van der Waals surface area (Å²) >= 11 is 3.52. The van der Waals surface area contributed by atoms with Crippen molar-refractivity contribution in [2.24, 2.45) is 5.92 Å². The number of benzene rings is 1. The molecule has 0 aliphatic heterocycles. The minimum Gasteiger partial charge on any atom is -0.398 e. The molecular weight excluding hydrogens is 226 g/mol. The van der Waals surface area contributed by atoms with Crippen LogP contribution in [0.15, 0.2) is 22.7 Å². The molecule has 0 heterocycles. The molecule has 0 aliphatic rings. The van der Waals surface area contributed by atoms with Crippen molar-refractivity contribution < 1.29 is 0 Å². The summed E-state index contributed by atoms with van der Waals surface area (Å²) in [5, 5.41) is 0. The number of anilines is 1. The minimum atomic E-state index is 0.728. The molecule has 0 aliphatic carbocycles. The average molecular weight is 242 g/mol. The number of nitrogens with two attached hydrogens (primary N) is 1. The van der Waals surface area contributed by atoms with Gasteiger partial charge in [0.2, 0.25) is 0 Å². The van der Waals surface area contributed by atoms with Gasteiger partial charge in [-0.15, -0.1) is 0 Å². The van der Waals surface area contributed by atoms with E-state index in [9.17, 15) is 0 Å². The smallest absolute Gasteiger partial charge is 0.0357 e. The maximum Gasteiger partial charge on any atom is 0.0357 e. The Morgan fingerprint density at radius 3 is 2.62 bits per heavy atom. The third-order valence-electron chi connectivity index (χ3n) is 2.13. The molecule has 0 radical (unpaired) electrons. The van der Waals surface area contributed by atoms with E-state index in [-0.39, 0.29) is 0 Å². The first-order chi connectivity index (χ1) is 6.11. The van der Waals surface area contributed by atoms with Gasteiger partial charge in [0.1, 0.15) is 0 Å². The fourth-order valence-electron chi connectivity index (χ4n) is 1.27. The molecule has 0 spiro atoms. The van der Waals surface area contributed by atoms with Gasteiger partial charge in [0.25, 0.3) is 0 Å². The van der Waals surface area contributed by atoms with Crippen molar-refractivity contribution in [2.45, 2.75) is 26.7 Å². The van der Waals surface area contributed by atoms with Crippen LogP contribution in [-0.4, -0.2) is 0 Å². The number of nitrogen functional groups attached to an aromatic ring is 1. The van der Waals surface area contributed by atoms with Crippen LogP contribution in [0.5, 0.6) is 0 Å². The molecule has 1 nitrogen and oxygen atoms in total. The van der Waals surface area contributed by atoms with Gasteiger partial charge >= 0.3 is 0 Å². The van der Waals surface area contributed by atoms with Gasteiger partial charge < -0.3 is 5.73 Å². The van der Waals surface area contributed by atoms with E-state index in [0.29, 0.717) is 0 Å². The molecule has 2 N–H and O–H groups in total. The molecule has 2 heteroatoms. The summed E-state index contributed by atoms with van der Waals surface area (Å²) in [7, 11) is 0. The number of hydrogen-bond acceptors (Lipinski definition) is 1. The van der Waals surface area contributed by atoms with Gasteiger partial charge in [0, 0.05) is 10.2 Å². The molecule has 72 valence electrons. The zero-order valence-corrected chi connectivity index (χ0v) is 9.76. The van der Waals surface area contributed by atoms with E-state index in [2.05, 4.69) is 29.8 Å². The molecule has 1 rings (SSSR count). The van der Waals surface area contributed by atoms with E-state index in [0.717, 1.165) is 22.5 Å². The van der Waals surface area contributed by atoms with E-state index in [1.165, 1.54) is 12.0 Å². The molecule has 0 aromatic heterocycles. The topological polar surface area (TPSA) is 26.0 Å². The lowest BCUT2D eigenvalue weighted by Gasteiger charge is -2.09. The highest BCUT2D eigenvalue weighted by molar-refractivity contribution is 9.10. The third kappa shape index (κ3) is 3.03. The maximum atomic E-state index is 5.88. The van der Waals surface area contributed by atoms with Crippen molar-refractivity contribution >= 4 is 21.6 Å². The molecule has 1 aromatic carbocycles. The summed E-state index contributed by atoms with van der Waals surface area (Å²) in [5.74, 6) is 0.728. The number of rotatable bonds is 3. The fourth-order valence-corrected chi connectivity index (χ4v) is 1.85. The Hall–Kier alpha value is -0.500. The molecule has 0 atom stereocenters. The van der Waals surface area contributed by atoms with Gasteiger partial charge in [-0.25, -0.2) is 0 Å². The Morgan fingerprint density at radius 2 is 2.08 bits per heavy atom. The van der Waals surface area contributed by atoms with Crippen LogP contribution in [0.4, 0.5) is 5.69 Å². The summed E-state index contributed by atoms with van der Waals surface area (Å²) in [5.41, 5.74) is 8.02. The van der Waals surface area contributed by atoms with Crippen LogP contribution in [-0.2, 0) is 6.42 Å². The quantitative estimate of drug-likeness (QED) is 0.805. The van der Waals surface area contributed by atoms with Gasteiger partial charge in [-0.2, -0.15) is 0 Å². The van der Waals surface area contributed by atoms with Crippen molar-refractivity contribution in [3.63, 3.8) is 0 Å². The first-order valence-electron chi connectivity index (χ1n) is 4.64. The van der Waals surface area contributed by atoms with Gasteiger partial charge in [-0.3, -0.25) is 0 Å². The molecular formula is C11H16BrN. The predicted octanol–water partition coefficient (Wildman–Crippen LogP) is 3.62. The summed E-state index contributed by atoms with van der Waals surface area (Å²) in [4.78, 5) is 0. The van der Waals surface area contributed by atoms with Crippen LogP contribution >= 0.6 is 15.9 Å². The van der Waals surface area contributed by atoms with Crippen molar-refractivity contribution in [3.05, 3.63) is 28.2 Å². The highest BCUT2D eigenvalue weighted by atomic mass is 79.9. The predicted molar refractivity (Wildman–Crippen MR) is 61.7 cm³/mol. The lowest BCUT2D eigenvalue weighted by atomic mass is 10.0. The van der Waals surface area contributed by atoms with E-state index < -0.39 is 0 Å². The average Bonchev–Trinajstić information content (AvgIpc) is 2.03. The van der Waals surface area contributed by atoms with Crippen LogP contribution in [0.1, 0.15) is 25.8 Å². The maximum absolute atomic E-state index is 5.88. The zero-order valence-electron chi connectivity index (χ0n) is 8.18. The molecule has 1 aromatic rings. The molecule has 13 heavy (non-hydrogen) atoms. The minimum absolute atomic E-state index is 0.728. The van der Waals surface area contributed by atoms with Crippen molar-refractivity contribution in [1.29, 1.82) is 0 Å². The van der Waals surface area contributed by atoms with Crippen molar-refractivity contribution in [1.82, 2.24) is 0 Å². The Labute approximate surface area is 88.5 Å². The van der Waals surface area contributed by atoms with Crippen molar-refractivity contribution in [2.75, 3.05) is 5.73 Å². The molecule has 0 unspecified atom stereocenters. The first kappa shape index (κ1) is 10.6. The van der Waals surface area contributed by atoms with E-state index in [1.54, 1.807) is 0 Å². The Kier molecular flexibility index (Phi) is 3.79. The second-order valence-electron chi connectivity index (χ2n) is 3.74. The summed E-state index contributed by atoms with van der Waals surface area (Å²) in [6, 6.07) is 5.98. The van der Waals surface area contributed by atoms with Crippen LogP contribution in [0.25, 0.3) is 0 Å². The van der Waals surface area contributed by atoms with Gasteiger partial charge in [0.05, 0.1) is 0 Å². The number of halogens is 1. The zero-order chi connectivity index (χ0) is 9.84. The first-order valence-corrected chi connectivity index (χ1v) is 5.43. The van der Waals surface area contributed by atoms with E-state index >= 15 is 0 Å². The van der Waals surface area contributed by atoms with E-state index in [1.807, 2.05) is 18.2 Å². The molecule has 0 fully saturated rings. The second-order valence-corrected chi connectivity index (χ2v) is 4.59. The lowest BCUT2D eigenvalue weighted by Crippen LogP contribution is -1.98. The highest BCUT2D eigenvalue weighted by Crippen LogP contribution is 2.24. The molecule has 0 bridgehead atoms. The van der Waals surface area contributed by atoms with E-state index in [4.69, 9.17) is 5.73 Å². The summed E-state index contributed by atoms with van der Waals surface area (Å²) in [6.07, 6.45) is 2.25. The highest BCUT2D eigenvalue weighted by Gasteiger charge is 2.04. The van der Waals surface area contributed by atoms with Crippen LogP contribution in [0.2, 0.25) is 0 Å². The van der Waals surface area contributed by atoms with Crippen LogP contribution in [0.3, 0.4) is 0 Å². The second kappa shape index (κ2) is 4.66. The molecule has 0 saturated heterocycles. The normalized spacial score (nSPS) is 10.8. The number of hydrogen-bond donors (Lipinski definition) is 1. The Bertz CT molecular complexity index is 261. The largest absolute Gasteiger partial charge is 0.398 e. The lowest BCUT2D eigenvalue weighted by molar-refractivity contribution is 0.586. The third-order valence-corrected chi connectivity index (χ3v) is 2.87. The standard InChI is InChI=1S/C11H16BrN/c1-8(2)6-7-9-10(12)4-3-5-11(9)13/h3-5,8H,6-7,13H2,1-2H3.